The van der Waals surface area contributed by atoms with E-state index in [4.69, 9.17) is 25.1 Å². The summed E-state index contributed by atoms with van der Waals surface area (Å²) < 4.78 is 41.6. The van der Waals surface area contributed by atoms with Crippen molar-refractivity contribution in [3.63, 3.8) is 0 Å². The summed E-state index contributed by atoms with van der Waals surface area (Å²) in [5.41, 5.74) is 15.0. The van der Waals surface area contributed by atoms with Gasteiger partial charge < -0.3 is 14.6 Å². The molecule has 1 aliphatic heterocycles. The smallest absolute Gasteiger partial charge is 0.266 e. The summed E-state index contributed by atoms with van der Waals surface area (Å²) in [7, 11) is 0. The van der Waals surface area contributed by atoms with Crippen LogP contribution in [0.3, 0.4) is 0 Å². The molecular formula is C34H31BrF2N6O4. The number of aliphatic hydroxyl groups excluding tert-OH is 1. The predicted molar refractivity (Wildman–Crippen MR) is 175 cm³/mol. The lowest BCUT2D eigenvalue weighted by Crippen LogP contribution is -2.54. The van der Waals surface area contributed by atoms with E-state index >= 15 is 0 Å². The number of aliphatic imine (C=N–C) groups is 1. The van der Waals surface area contributed by atoms with E-state index in [-0.39, 0.29) is 37.6 Å². The summed E-state index contributed by atoms with van der Waals surface area (Å²) in [6.45, 7) is 0.0752. The summed E-state index contributed by atoms with van der Waals surface area (Å²) >= 11 is 3.60. The van der Waals surface area contributed by atoms with Gasteiger partial charge in [0, 0.05) is 52.1 Å². The first kappa shape index (κ1) is 33.6. The minimum Gasteiger partial charge on any atom is -0.494 e. The quantitative estimate of drug-likeness (QED) is 0.0445. The molecule has 0 radical (unpaired) electrons. The van der Waals surface area contributed by atoms with Gasteiger partial charge in [-0.1, -0.05) is 69.6 Å². The van der Waals surface area contributed by atoms with E-state index in [9.17, 15) is 13.6 Å². The lowest BCUT2D eigenvalue weighted by Gasteiger charge is -2.32. The lowest BCUT2D eigenvalue weighted by atomic mass is 9.81. The van der Waals surface area contributed by atoms with Crippen LogP contribution in [0.2, 0.25) is 0 Å². The number of ether oxygens (including phenoxy) is 2. The second-order valence-electron chi connectivity index (χ2n) is 10.7. The second kappa shape index (κ2) is 15.7. The zero-order valence-corrected chi connectivity index (χ0v) is 26.7. The van der Waals surface area contributed by atoms with E-state index in [1.165, 1.54) is 6.07 Å². The number of rotatable bonds is 14. The zero-order chi connectivity index (χ0) is 33.2. The van der Waals surface area contributed by atoms with E-state index in [0.717, 1.165) is 12.1 Å². The monoisotopic (exact) mass is 704 g/mol. The molecule has 1 amide bonds. The number of carbonyl (C=O) groups is 1. The number of azide groups is 1. The number of hydrazine groups is 1. The maximum atomic E-state index is 14.4. The van der Waals surface area contributed by atoms with E-state index in [2.05, 4.69) is 36.8 Å². The highest BCUT2D eigenvalue weighted by Crippen LogP contribution is 2.45. The summed E-state index contributed by atoms with van der Waals surface area (Å²) in [5.74, 6) is -1.35. The van der Waals surface area contributed by atoms with Gasteiger partial charge in [0.25, 0.3) is 5.91 Å². The molecule has 47 heavy (non-hydrogen) atoms. The first-order chi connectivity index (χ1) is 22.9. The van der Waals surface area contributed by atoms with E-state index in [1.807, 2.05) is 36.4 Å². The number of amides is 1. The third-order valence-corrected chi connectivity index (χ3v) is 8.35. The second-order valence-corrected chi connectivity index (χ2v) is 11.5. The highest BCUT2D eigenvalue weighted by Gasteiger charge is 2.54. The van der Waals surface area contributed by atoms with Gasteiger partial charge in [-0.25, -0.2) is 19.2 Å². The van der Waals surface area contributed by atoms with Crippen molar-refractivity contribution in [3.05, 3.63) is 145 Å². The first-order valence-corrected chi connectivity index (χ1v) is 15.5. The molecule has 5 rings (SSSR count). The normalized spacial score (nSPS) is 16.9. The zero-order valence-electron chi connectivity index (χ0n) is 25.1. The molecule has 1 heterocycles. The van der Waals surface area contributed by atoms with Crippen LogP contribution in [0.4, 0.5) is 8.78 Å². The van der Waals surface area contributed by atoms with Crippen molar-refractivity contribution in [2.24, 2.45) is 10.1 Å². The fourth-order valence-corrected chi connectivity index (χ4v) is 5.74. The van der Waals surface area contributed by atoms with Gasteiger partial charge in [-0.05, 0) is 59.1 Å². The van der Waals surface area contributed by atoms with Crippen LogP contribution in [0.15, 0.2) is 106 Å². The lowest BCUT2D eigenvalue weighted by molar-refractivity contribution is -0.130. The van der Waals surface area contributed by atoms with Crippen LogP contribution >= 0.6 is 15.9 Å². The van der Waals surface area contributed by atoms with Crippen LogP contribution in [0, 0.1) is 11.6 Å². The average Bonchev–Trinajstić information content (AvgIpc) is 3.46. The molecule has 0 saturated heterocycles. The topological polar surface area (TPSA) is 141 Å². The largest absolute Gasteiger partial charge is 0.494 e. The van der Waals surface area contributed by atoms with Gasteiger partial charge in [-0.2, -0.15) is 0 Å². The molecule has 10 nitrogen and oxygen atoms in total. The Balaban J connectivity index is 1.58. The van der Waals surface area contributed by atoms with Crippen LogP contribution < -0.4 is 15.6 Å². The van der Waals surface area contributed by atoms with E-state index < -0.39 is 29.2 Å². The SMILES string of the molecule is [N-]=[N+]=NCc1ccccc1C[C@]1(C(=O)NNCc2c(F)cccc2F)N=C(c2ccc(OCCCO)cc2)O[C@H]1c1ccccc1Br. The minimum absolute atomic E-state index is 0.0133. The molecule has 242 valence electrons. The van der Waals surface area contributed by atoms with Crippen LogP contribution in [-0.2, 0) is 29.0 Å². The van der Waals surface area contributed by atoms with Gasteiger partial charge in [-0.15, -0.1) is 0 Å². The highest BCUT2D eigenvalue weighted by molar-refractivity contribution is 9.10. The van der Waals surface area contributed by atoms with Crippen LogP contribution in [0.1, 0.15) is 40.3 Å². The molecule has 0 aliphatic carbocycles. The summed E-state index contributed by atoms with van der Waals surface area (Å²) in [6, 6.07) is 25.1. The molecule has 3 N–H and O–H groups in total. The number of carbonyl (C=O) groups excluding carboxylic acids is 1. The third kappa shape index (κ3) is 7.78. The van der Waals surface area contributed by atoms with Crippen molar-refractivity contribution in [1.82, 2.24) is 10.9 Å². The van der Waals surface area contributed by atoms with Crippen LogP contribution in [-0.4, -0.2) is 35.7 Å². The number of hydrogen-bond donors (Lipinski definition) is 3. The van der Waals surface area contributed by atoms with Crippen molar-refractivity contribution in [2.45, 2.75) is 37.6 Å². The molecule has 1 aliphatic rings. The molecule has 0 bridgehead atoms. The first-order valence-electron chi connectivity index (χ1n) is 14.7. The molecule has 0 aromatic heterocycles. The highest BCUT2D eigenvalue weighted by atomic mass is 79.9. The Kier molecular flexibility index (Phi) is 11.2. The number of hydrogen-bond acceptors (Lipinski definition) is 7. The Labute approximate surface area is 278 Å². The summed E-state index contributed by atoms with van der Waals surface area (Å²) in [6.07, 6.45) is -0.460. The average molecular weight is 706 g/mol. The van der Waals surface area contributed by atoms with Crippen molar-refractivity contribution in [2.75, 3.05) is 13.2 Å². The molecule has 0 spiro atoms. The number of benzene rings is 4. The number of halogens is 3. The molecule has 13 heteroatoms. The third-order valence-electron chi connectivity index (χ3n) is 7.63. The fraction of sp³-hybridized carbons (Fsp3) is 0.235. The molecule has 4 aromatic rings. The maximum absolute atomic E-state index is 14.4. The Morgan fingerprint density at radius 3 is 2.43 bits per heavy atom. The predicted octanol–water partition coefficient (Wildman–Crippen LogP) is 6.62. The van der Waals surface area contributed by atoms with Crippen molar-refractivity contribution < 1.29 is 28.2 Å². The van der Waals surface area contributed by atoms with Gasteiger partial charge in [0.05, 0.1) is 13.2 Å². The molecule has 0 saturated carbocycles. The van der Waals surface area contributed by atoms with E-state index in [0.29, 0.717) is 45.5 Å². The van der Waals surface area contributed by atoms with Crippen LogP contribution in [0.5, 0.6) is 5.75 Å². The maximum Gasteiger partial charge on any atom is 0.266 e. The summed E-state index contributed by atoms with van der Waals surface area (Å²) in [5, 5.41) is 12.8. The van der Waals surface area contributed by atoms with Gasteiger partial charge >= 0.3 is 0 Å². The Bertz CT molecular complexity index is 1780. The van der Waals surface area contributed by atoms with E-state index in [1.54, 1.807) is 36.4 Å². The molecule has 4 aromatic carbocycles. The van der Waals surface area contributed by atoms with Crippen molar-refractivity contribution >= 4 is 27.7 Å². The minimum atomic E-state index is -1.65. The number of nitrogens with one attached hydrogen (secondary N) is 2. The standard InChI is InChI=1S/C34H31BrF2N6O4/c35-28-10-4-3-9-26(28)31-34(19-23-7-1-2-8-24(23)20-40-43-38,33(45)42-39-21-27-29(36)11-5-12-30(27)37)41-32(47-31)22-13-15-25(16-14-22)46-18-6-17-44/h1-5,7-16,31,39,44H,6,17-21H2,(H,42,45)/t31-,34-/m0/s1. The molecular weight excluding hydrogens is 674 g/mol. The van der Waals surface area contributed by atoms with Gasteiger partial charge in [0.1, 0.15) is 17.4 Å². The number of aliphatic hydroxyl groups is 1. The summed E-state index contributed by atoms with van der Waals surface area (Å²) in [4.78, 5) is 22.3. The van der Waals surface area contributed by atoms with Gasteiger partial charge in [0.2, 0.25) is 5.90 Å². The van der Waals surface area contributed by atoms with Gasteiger partial charge in [0.15, 0.2) is 11.6 Å². The van der Waals surface area contributed by atoms with Crippen molar-refractivity contribution in [3.8, 4) is 5.75 Å². The van der Waals surface area contributed by atoms with Gasteiger partial charge in [-0.3, -0.25) is 10.2 Å². The van der Waals surface area contributed by atoms with Crippen LogP contribution in [0.25, 0.3) is 10.4 Å². The number of nitrogens with zero attached hydrogens (tertiary/aromatic N) is 4. The molecule has 0 unspecified atom stereocenters. The Morgan fingerprint density at radius 2 is 1.72 bits per heavy atom. The van der Waals surface area contributed by atoms with Crippen molar-refractivity contribution in [1.29, 1.82) is 0 Å². The fourth-order valence-electron chi connectivity index (χ4n) is 5.25. The molecule has 2 atom stereocenters. The molecule has 0 fully saturated rings. The Hall–Kier alpha value is -4.81. The Morgan fingerprint density at radius 1 is 1.02 bits per heavy atom.